The van der Waals surface area contributed by atoms with Gasteiger partial charge in [0.15, 0.2) is 5.11 Å². The predicted molar refractivity (Wildman–Crippen MR) is 131 cm³/mol. The first-order valence-electron chi connectivity index (χ1n) is 10.4. The number of aryl methyl sites for hydroxylation is 1. The quantitative estimate of drug-likeness (QED) is 0.367. The number of benzene rings is 2. The van der Waals surface area contributed by atoms with Gasteiger partial charge in [0.05, 0.1) is 12.8 Å². The van der Waals surface area contributed by atoms with Crippen molar-refractivity contribution < 1.29 is 14.3 Å². The molecule has 0 radical (unpaired) electrons. The van der Waals surface area contributed by atoms with Crippen LogP contribution in [0.25, 0.3) is 6.08 Å². The first-order chi connectivity index (χ1) is 15.4. The Labute approximate surface area is 198 Å². The molecule has 2 aliphatic heterocycles. The number of carbonyl (C=O) groups excluding carboxylic acids is 2. The third-order valence-electron chi connectivity index (χ3n) is 5.75. The van der Waals surface area contributed by atoms with E-state index in [2.05, 4.69) is 17.0 Å². The van der Waals surface area contributed by atoms with Crippen molar-refractivity contribution in [2.75, 3.05) is 36.5 Å². The van der Waals surface area contributed by atoms with Crippen LogP contribution in [0.2, 0.25) is 5.02 Å². The Bertz CT molecular complexity index is 1090. The van der Waals surface area contributed by atoms with Crippen molar-refractivity contribution in [1.82, 2.24) is 4.90 Å². The van der Waals surface area contributed by atoms with Gasteiger partial charge in [-0.3, -0.25) is 14.5 Å². The zero-order valence-corrected chi connectivity index (χ0v) is 19.6. The maximum absolute atomic E-state index is 13.4. The van der Waals surface area contributed by atoms with Crippen LogP contribution >= 0.6 is 23.8 Å². The standard InChI is InChI=1S/C24H24ClN3O3S/c1-16-13-20(26-11-3-4-12-26)8-5-17(16)14-21-23(30)28(19-9-6-18(25)7-10-19)24(32)27(21)15-22(29)31-2/h5-10,13-14H,3-4,11-12,15H2,1-2H3/b21-14-. The molecule has 0 atom stereocenters. The topological polar surface area (TPSA) is 53.1 Å². The van der Waals surface area contributed by atoms with Gasteiger partial charge in [-0.2, -0.15) is 0 Å². The number of hydrogen-bond acceptors (Lipinski definition) is 5. The van der Waals surface area contributed by atoms with Crippen molar-refractivity contribution in [3.05, 3.63) is 64.3 Å². The summed E-state index contributed by atoms with van der Waals surface area (Å²) in [5.74, 6) is -0.783. The third kappa shape index (κ3) is 4.36. The van der Waals surface area contributed by atoms with Crippen LogP contribution in [-0.2, 0) is 14.3 Å². The molecule has 166 valence electrons. The highest BCUT2D eigenvalue weighted by molar-refractivity contribution is 7.80. The lowest BCUT2D eigenvalue weighted by molar-refractivity contribution is -0.140. The SMILES string of the molecule is COC(=O)CN1C(=S)N(c2ccc(Cl)cc2)C(=O)/C1=C/c1ccc(N2CCCC2)cc1C. The third-order valence-corrected chi connectivity index (χ3v) is 6.41. The number of rotatable bonds is 5. The minimum absolute atomic E-state index is 0.151. The lowest BCUT2D eigenvalue weighted by Crippen LogP contribution is -2.35. The minimum atomic E-state index is -0.481. The van der Waals surface area contributed by atoms with Gasteiger partial charge in [-0.05, 0) is 85.6 Å². The van der Waals surface area contributed by atoms with E-state index >= 15 is 0 Å². The van der Waals surface area contributed by atoms with Crippen molar-refractivity contribution in [1.29, 1.82) is 0 Å². The normalized spacial score (nSPS) is 17.6. The van der Waals surface area contributed by atoms with Crippen molar-refractivity contribution in [2.45, 2.75) is 19.8 Å². The van der Waals surface area contributed by atoms with Crippen LogP contribution in [0.1, 0.15) is 24.0 Å². The molecule has 4 rings (SSSR count). The average Bonchev–Trinajstić information content (AvgIpc) is 3.39. The van der Waals surface area contributed by atoms with Gasteiger partial charge in [0, 0.05) is 23.8 Å². The fraction of sp³-hybridized carbons (Fsp3) is 0.292. The number of ether oxygens (including phenoxy) is 1. The maximum Gasteiger partial charge on any atom is 0.325 e. The molecule has 0 unspecified atom stereocenters. The molecule has 2 aromatic carbocycles. The van der Waals surface area contributed by atoms with E-state index in [1.165, 1.54) is 35.4 Å². The van der Waals surface area contributed by atoms with Gasteiger partial charge >= 0.3 is 5.97 Å². The molecule has 2 fully saturated rings. The summed E-state index contributed by atoms with van der Waals surface area (Å²) in [5.41, 5.74) is 4.04. The minimum Gasteiger partial charge on any atom is -0.468 e. The Morgan fingerprint density at radius 3 is 2.41 bits per heavy atom. The monoisotopic (exact) mass is 469 g/mol. The maximum atomic E-state index is 13.4. The zero-order valence-electron chi connectivity index (χ0n) is 18.0. The Balaban J connectivity index is 1.71. The predicted octanol–water partition coefficient (Wildman–Crippen LogP) is 4.40. The Morgan fingerprint density at radius 1 is 1.12 bits per heavy atom. The van der Waals surface area contributed by atoms with Crippen molar-refractivity contribution >= 4 is 58.3 Å². The molecule has 0 aromatic heterocycles. The van der Waals surface area contributed by atoms with Gasteiger partial charge in [0.1, 0.15) is 12.2 Å². The van der Waals surface area contributed by atoms with E-state index in [4.69, 9.17) is 28.6 Å². The number of anilines is 2. The van der Waals surface area contributed by atoms with Gasteiger partial charge < -0.3 is 14.5 Å². The van der Waals surface area contributed by atoms with E-state index in [1.807, 2.05) is 13.0 Å². The van der Waals surface area contributed by atoms with Gasteiger partial charge in [0.25, 0.3) is 5.91 Å². The number of thiocarbonyl (C=S) groups is 1. The van der Waals surface area contributed by atoms with Crippen LogP contribution in [0.3, 0.4) is 0 Å². The van der Waals surface area contributed by atoms with Crippen molar-refractivity contribution in [3.8, 4) is 0 Å². The number of hydrogen-bond donors (Lipinski definition) is 0. The molecule has 8 heteroatoms. The Hall–Kier alpha value is -2.90. The summed E-state index contributed by atoms with van der Waals surface area (Å²) in [6.45, 7) is 4.00. The van der Waals surface area contributed by atoms with Gasteiger partial charge in [-0.15, -0.1) is 0 Å². The molecule has 2 heterocycles. The first-order valence-corrected chi connectivity index (χ1v) is 11.2. The van der Waals surface area contributed by atoms with E-state index in [9.17, 15) is 9.59 Å². The van der Waals surface area contributed by atoms with E-state index in [1.54, 1.807) is 30.3 Å². The van der Waals surface area contributed by atoms with Crippen LogP contribution in [0.15, 0.2) is 48.2 Å². The van der Waals surface area contributed by atoms with Crippen LogP contribution in [0.4, 0.5) is 11.4 Å². The molecule has 0 bridgehead atoms. The number of halogens is 1. The summed E-state index contributed by atoms with van der Waals surface area (Å²) in [4.78, 5) is 30.8. The van der Waals surface area contributed by atoms with E-state index < -0.39 is 5.97 Å². The molecule has 32 heavy (non-hydrogen) atoms. The first kappa shape index (κ1) is 22.3. The summed E-state index contributed by atoms with van der Waals surface area (Å²) < 4.78 is 4.83. The smallest absolute Gasteiger partial charge is 0.325 e. The summed E-state index contributed by atoms with van der Waals surface area (Å²) in [6.07, 6.45) is 4.20. The van der Waals surface area contributed by atoms with E-state index in [-0.39, 0.29) is 17.6 Å². The largest absolute Gasteiger partial charge is 0.468 e. The number of methoxy groups -OCH3 is 1. The molecule has 0 saturated carbocycles. The second-order valence-electron chi connectivity index (χ2n) is 7.83. The van der Waals surface area contributed by atoms with E-state index in [0.717, 1.165) is 24.2 Å². The van der Waals surface area contributed by atoms with Crippen molar-refractivity contribution in [3.63, 3.8) is 0 Å². The fourth-order valence-corrected chi connectivity index (χ4v) is 4.46. The van der Waals surface area contributed by atoms with Crippen molar-refractivity contribution in [2.24, 2.45) is 0 Å². The highest BCUT2D eigenvalue weighted by Gasteiger charge is 2.40. The van der Waals surface area contributed by atoms with Crippen LogP contribution in [0.5, 0.6) is 0 Å². The summed E-state index contributed by atoms with van der Waals surface area (Å²) in [5, 5.41) is 0.780. The molecule has 2 aromatic rings. The number of carbonyl (C=O) groups is 2. The molecular formula is C24H24ClN3O3S. The highest BCUT2D eigenvalue weighted by atomic mass is 35.5. The lowest BCUT2D eigenvalue weighted by Gasteiger charge is -2.20. The molecular weight excluding hydrogens is 446 g/mol. The summed E-state index contributed by atoms with van der Waals surface area (Å²) in [7, 11) is 1.31. The van der Waals surface area contributed by atoms with Gasteiger partial charge in [-0.1, -0.05) is 17.7 Å². The lowest BCUT2D eigenvalue weighted by atomic mass is 10.1. The molecule has 1 amide bonds. The summed E-state index contributed by atoms with van der Waals surface area (Å²) in [6, 6.07) is 13.1. The average molecular weight is 470 g/mol. The molecule has 2 saturated heterocycles. The number of esters is 1. The second-order valence-corrected chi connectivity index (χ2v) is 8.63. The molecule has 0 aliphatic carbocycles. The van der Waals surface area contributed by atoms with Gasteiger partial charge in [-0.25, -0.2) is 0 Å². The molecule has 6 nitrogen and oxygen atoms in total. The van der Waals surface area contributed by atoms with Crippen LogP contribution in [-0.4, -0.2) is 48.6 Å². The molecule has 0 spiro atoms. The van der Waals surface area contributed by atoms with Gasteiger partial charge in [0.2, 0.25) is 0 Å². The highest BCUT2D eigenvalue weighted by Crippen LogP contribution is 2.31. The Morgan fingerprint density at radius 2 is 1.78 bits per heavy atom. The summed E-state index contributed by atoms with van der Waals surface area (Å²) >= 11 is 11.6. The Kier molecular flexibility index (Phi) is 6.48. The number of nitrogens with zero attached hydrogens (tertiary/aromatic N) is 3. The molecule has 0 N–H and O–H groups in total. The van der Waals surface area contributed by atoms with Crippen LogP contribution < -0.4 is 9.80 Å². The molecule has 2 aliphatic rings. The second kappa shape index (κ2) is 9.30. The van der Waals surface area contributed by atoms with E-state index in [0.29, 0.717) is 16.4 Å². The number of amides is 1. The van der Waals surface area contributed by atoms with Crippen LogP contribution in [0, 0.1) is 6.92 Å². The fourth-order valence-electron chi connectivity index (χ4n) is 3.99. The zero-order chi connectivity index (χ0) is 22.8.